The molecule has 0 aliphatic carbocycles. The fraction of sp³-hybridized carbons (Fsp3) is 0.333. The Bertz CT molecular complexity index is 1030. The number of methoxy groups -OCH3 is 2. The van der Waals surface area contributed by atoms with Crippen LogP contribution in [-0.4, -0.2) is 68.0 Å². The standard InChI is InChI=1S/C24H27ClN2O5/c1-26(2)12-5-13-27-21(15-6-8-16(25)9-7-15)20(23(29)24(27)30)22(28)18-11-10-17(31-3)14-19(18)32-4/h6-11,14,21,28H,5,12-13H2,1-4H3/b22-20-. The lowest BCUT2D eigenvalue weighted by Crippen LogP contribution is -2.32. The molecule has 1 aliphatic rings. The number of ketones is 1. The van der Waals surface area contributed by atoms with Gasteiger partial charge in [0.15, 0.2) is 0 Å². The molecule has 0 spiro atoms. The monoisotopic (exact) mass is 458 g/mol. The second-order valence-electron chi connectivity index (χ2n) is 7.77. The number of ether oxygens (including phenoxy) is 2. The summed E-state index contributed by atoms with van der Waals surface area (Å²) in [5.41, 5.74) is 1.01. The third-order valence-corrected chi connectivity index (χ3v) is 5.65. The number of carbonyl (C=O) groups is 2. The van der Waals surface area contributed by atoms with Gasteiger partial charge in [-0.2, -0.15) is 0 Å². The van der Waals surface area contributed by atoms with Crippen molar-refractivity contribution in [1.29, 1.82) is 0 Å². The highest BCUT2D eigenvalue weighted by Gasteiger charge is 2.46. The fourth-order valence-electron chi connectivity index (χ4n) is 3.80. The number of Topliss-reactive ketones (excluding diaryl/α,β-unsaturated/α-hetero) is 1. The third kappa shape index (κ3) is 4.74. The summed E-state index contributed by atoms with van der Waals surface area (Å²) in [6, 6.07) is 11.1. The molecule has 1 heterocycles. The number of aliphatic hydroxyl groups is 1. The van der Waals surface area contributed by atoms with Crippen LogP contribution in [-0.2, 0) is 9.59 Å². The highest BCUT2D eigenvalue weighted by molar-refractivity contribution is 6.46. The molecule has 0 radical (unpaired) electrons. The van der Waals surface area contributed by atoms with Gasteiger partial charge in [0, 0.05) is 17.6 Å². The average molecular weight is 459 g/mol. The Balaban J connectivity index is 2.13. The molecule has 1 amide bonds. The van der Waals surface area contributed by atoms with Crippen LogP contribution in [0.25, 0.3) is 5.76 Å². The van der Waals surface area contributed by atoms with Gasteiger partial charge in [-0.3, -0.25) is 9.59 Å². The first kappa shape index (κ1) is 23.6. The van der Waals surface area contributed by atoms with E-state index in [1.54, 1.807) is 42.5 Å². The quantitative estimate of drug-likeness (QED) is 0.369. The number of halogens is 1. The zero-order valence-electron chi connectivity index (χ0n) is 18.6. The average Bonchev–Trinajstić information content (AvgIpc) is 3.03. The van der Waals surface area contributed by atoms with Gasteiger partial charge in [0.25, 0.3) is 11.7 Å². The van der Waals surface area contributed by atoms with E-state index in [0.29, 0.717) is 40.6 Å². The summed E-state index contributed by atoms with van der Waals surface area (Å²) in [7, 11) is 6.87. The first-order valence-electron chi connectivity index (χ1n) is 10.2. The van der Waals surface area contributed by atoms with E-state index in [1.807, 2.05) is 19.0 Å². The molecule has 1 atom stereocenters. The van der Waals surface area contributed by atoms with Gasteiger partial charge in [0.1, 0.15) is 17.3 Å². The molecule has 7 nitrogen and oxygen atoms in total. The molecule has 1 N–H and O–H groups in total. The molecule has 1 aliphatic heterocycles. The molecular weight excluding hydrogens is 432 g/mol. The predicted octanol–water partition coefficient (Wildman–Crippen LogP) is 3.73. The van der Waals surface area contributed by atoms with Crippen molar-refractivity contribution in [3.05, 3.63) is 64.2 Å². The summed E-state index contributed by atoms with van der Waals surface area (Å²) in [6.07, 6.45) is 0.677. The van der Waals surface area contributed by atoms with Crippen molar-refractivity contribution in [2.75, 3.05) is 41.4 Å². The van der Waals surface area contributed by atoms with Crippen LogP contribution < -0.4 is 9.47 Å². The Morgan fingerprint density at radius 1 is 1.09 bits per heavy atom. The number of amides is 1. The number of nitrogens with zero attached hydrogens (tertiary/aromatic N) is 2. The van der Waals surface area contributed by atoms with E-state index in [0.717, 1.165) is 6.54 Å². The summed E-state index contributed by atoms with van der Waals surface area (Å²) in [6.45, 7) is 1.12. The number of rotatable bonds is 8. The van der Waals surface area contributed by atoms with Crippen LogP contribution in [0.1, 0.15) is 23.6 Å². The van der Waals surface area contributed by atoms with Gasteiger partial charge >= 0.3 is 0 Å². The predicted molar refractivity (Wildman–Crippen MR) is 123 cm³/mol. The largest absolute Gasteiger partial charge is 0.507 e. The minimum Gasteiger partial charge on any atom is -0.507 e. The molecular formula is C24H27ClN2O5. The lowest BCUT2D eigenvalue weighted by atomic mass is 9.95. The van der Waals surface area contributed by atoms with Crippen LogP contribution in [0.3, 0.4) is 0 Å². The number of benzene rings is 2. The SMILES string of the molecule is COc1ccc(/C(O)=C2/C(=O)C(=O)N(CCCN(C)C)C2c2ccc(Cl)cc2)c(OC)c1. The van der Waals surface area contributed by atoms with Gasteiger partial charge in [-0.05, 0) is 56.9 Å². The van der Waals surface area contributed by atoms with Crippen molar-refractivity contribution in [2.24, 2.45) is 0 Å². The summed E-state index contributed by atoms with van der Waals surface area (Å²) in [4.78, 5) is 29.6. The lowest BCUT2D eigenvalue weighted by molar-refractivity contribution is -0.139. The molecule has 1 fully saturated rings. The van der Waals surface area contributed by atoms with Crippen LogP contribution in [0.5, 0.6) is 11.5 Å². The summed E-state index contributed by atoms with van der Waals surface area (Å²) < 4.78 is 10.6. The Labute approximate surface area is 192 Å². The maximum Gasteiger partial charge on any atom is 0.295 e. The summed E-state index contributed by atoms with van der Waals surface area (Å²) in [5, 5.41) is 11.8. The zero-order valence-corrected chi connectivity index (χ0v) is 19.3. The highest BCUT2D eigenvalue weighted by atomic mass is 35.5. The maximum absolute atomic E-state index is 13.1. The van der Waals surface area contributed by atoms with Crippen LogP contribution in [0.15, 0.2) is 48.0 Å². The van der Waals surface area contributed by atoms with Gasteiger partial charge in [-0.1, -0.05) is 23.7 Å². The second kappa shape index (κ2) is 10.1. The van der Waals surface area contributed by atoms with Crippen LogP contribution in [0, 0.1) is 0 Å². The number of carbonyl (C=O) groups excluding carboxylic acids is 2. The number of aliphatic hydroxyl groups excluding tert-OH is 1. The Morgan fingerprint density at radius 2 is 1.78 bits per heavy atom. The Hall–Kier alpha value is -3.03. The van der Waals surface area contributed by atoms with Gasteiger partial charge in [-0.15, -0.1) is 0 Å². The van der Waals surface area contributed by atoms with E-state index in [4.69, 9.17) is 21.1 Å². The molecule has 2 aromatic carbocycles. The topological polar surface area (TPSA) is 79.3 Å². The first-order chi connectivity index (χ1) is 15.3. The smallest absolute Gasteiger partial charge is 0.295 e. The fourth-order valence-corrected chi connectivity index (χ4v) is 3.92. The molecule has 0 bridgehead atoms. The highest BCUT2D eigenvalue weighted by Crippen LogP contribution is 2.41. The van der Waals surface area contributed by atoms with E-state index in [1.165, 1.54) is 19.1 Å². The van der Waals surface area contributed by atoms with Gasteiger partial charge in [0.2, 0.25) is 0 Å². The maximum atomic E-state index is 13.1. The van der Waals surface area contributed by atoms with Crippen LogP contribution >= 0.6 is 11.6 Å². The van der Waals surface area contributed by atoms with Gasteiger partial charge in [0.05, 0.1) is 31.4 Å². The normalized spacial score (nSPS) is 17.8. The number of likely N-dealkylation sites (tertiary alicyclic amines) is 1. The molecule has 8 heteroatoms. The second-order valence-corrected chi connectivity index (χ2v) is 8.20. The van der Waals surface area contributed by atoms with E-state index >= 15 is 0 Å². The van der Waals surface area contributed by atoms with Crippen molar-refractivity contribution in [3.8, 4) is 11.5 Å². The molecule has 32 heavy (non-hydrogen) atoms. The molecule has 1 unspecified atom stereocenters. The van der Waals surface area contributed by atoms with Crippen LogP contribution in [0.4, 0.5) is 0 Å². The van der Waals surface area contributed by atoms with Crippen LogP contribution in [0.2, 0.25) is 5.02 Å². The third-order valence-electron chi connectivity index (χ3n) is 5.39. The van der Waals surface area contributed by atoms with Crippen molar-refractivity contribution in [1.82, 2.24) is 9.80 Å². The minimum atomic E-state index is -0.735. The van der Waals surface area contributed by atoms with E-state index in [9.17, 15) is 14.7 Å². The molecule has 0 aromatic heterocycles. The molecule has 2 aromatic rings. The van der Waals surface area contributed by atoms with Crippen molar-refractivity contribution in [2.45, 2.75) is 12.5 Å². The van der Waals surface area contributed by atoms with Gasteiger partial charge < -0.3 is 24.4 Å². The summed E-state index contributed by atoms with van der Waals surface area (Å²) >= 11 is 6.05. The Kier molecular flexibility index (Phi) is 7.43. The first-order valence-corrected chi connectivity index (χ1v) is 10.6. The van der Waals surface area contributed by atoms with Crippen molar-refractivity contribution in [3.63, 3.8) is 0 Å². The molecule has 170 valence electrons. The number of hydrogen-bond donors (Lipinski definition) is 1. The zero-order chi connectivity index (χ0) is 23.4. The molecule has 0 saturated carbocycles. The minimum absolute atomic E-state index is 0.0191. The molecule has 1 saturated heterocycles. The Morgan fingerprint density at radius 3 is 2.38 bits per heavy atom. The van der Waals surface area contributed by atoms with E-state index < -0.39 is 17.7 Å². The lowest BCUT2D eigenvalue weighted by Gasteiger charge is -2.26. The van der Waals surface area contributed by atoms with Crippen molar-refractivity contribution < 1.29 is 24.2 Å². The van der Waals surface area contributed by atoms with Crippen molar-refractivity contribution >= 4 is 29.1 Å². The molecule has 3 rings (SSSR count). The summed E-state index contributed by atoms with van der Waals surface area (Å²) in [5.74, 6) is -0.798. The van der Waals surface area contributed by atoms with E-state index in [-0.39, 0.29) is 11.3 Å². The van der Waals surface area contributed by atoms with E-state index in [2.05, 4.69) is 0 Å². The van der Waals surface area contributed by atoms with Gasteiger partial charge in [-0.25, -0.2) is 0 Å². The number of hydrogen-bond acceptors (Lipinski definition) is 6.